The summed E-state index contributed by atoms with van der Waals surface area (Å²) in [5, 5.41) is 10.5. The number of hydrogen-bond acceptors (Lipinski definition) is 5. The number of hydrogen-bond donors (Lipinski definition) is 2. The second kappa shape index (κ2) is 5.77. The maximum Gasteiger partial charge on any atom is 0.303 e. The summed E-state index contributed by atoms with van der Waals surface area (Å²) in [5.74, 6) is 0.131. The zero-order valence-electron chi connectivity index (χ0n) is 9.56. The molecule has 0 aliphatic rings. The molecule has 100 valence electrons. The summed E-state index contributed by atoms with van der Waals surface area (Å²) in [6, 6.07) is 5.13. The third-order valence-electron chi connectivity index (χ3n) is 2.22. The summed E-state index contributed by atoms with van der Waals surface area (Å²) in [7, 11) is 0. The molecule has 0 bridgehead atoms. The van der Waals surface area contributed by atoms with Crippen molar-refractivity contribution in [1.29, 1.82) is 0 Å². The van der Waals surface area contributed by atoms with Crippen LogP contribution in [-0.4, -0.2) is 11.0 Å². The maximum absolute atomic E-state index is 5.97. The van der Waals surface area contributed by atoms with Crippen molar-refractivity contribution in [2.45, 2.75) is 6.61 Å². The predicted molar refractivity (Wildman–Crippen MR) is 69.4 cm³/mol. The average molecular weight is 303 g/mol. The van der Waals surface area contributed by atoms with E-state index >= 15 is 0 Å². The Morgan fingerprint density at radius 2 is 2.11 bits per heavy atom. The molecule has 5 N–H and O–H groups in total. The molecule has 0 aliphatic heterocycles. The van der Waals surface area contributed by atoms with Gasteiger partial charge in [0.25, 0.3) is 0 Å². The quantitative estimate of drug-likeness (QED) is 0.500. The molecular formula is C10H10Cl2N5O2+. The largest absolute Gasteiger partial charge is 0.389 e. The molecule has 0 saturated heterocycles. The minimum absolute atomic E-state index is 0.0225. The fourth-order valence-corrected chi connectivity index (χ4v) is 1.79. The van der Waals surface area contributed by atoms with Gasteiger partial charge < -0.3 is 16.3 Å². The van der Waals surface area contributed by atoms with Gasteiger partial charge >= 0.3 is 11.5 Å². The van der Waals surface area contributed by atoms with Crippen LogP contribution in [0.15, 0.2) is 28.0 Å². The summed E-state index contributed by atoms with van der Waals surface area (Å²) in [6.45, 7) is 0.0701. The number of amidine groups is 1. The molecule has 1 aromatic heterocycles. The first-order chi connectivity index (χ1) is 9.09. The van der Waals surface area contributed by atoms with Crippen LogP contribution in [0.25, 0.3) is 0 Å². The van der Waals surface area contributed by atoms with Crippen LogP contribution in [0.2, 0.25) is 10.0 Å². The first-order valence-electron chi connectivity index (χ1n) is 5.11. The second-order valence-electron chi connectivity index (χ2n) is 3.50. The van der Waals surface area contributed by atoms with Gasteiger partial charge in [0.2, 0.25) is 5.84 Å². The zero-order valence-corrected chi connectivity index (χ0v) is 11.1. The van der Waals surface area contributed by atoms with Gasteiger partial charge in [-0.3, -0.25) is 0 Å². The number of rotatable bonds is 4. The third-order valence-corrected chi connectivity index (χ3v) is 2.93. The zero-order chi connectivity index (χ0) is 13.8. The summed E-state index contributed by atoms with van der Waals surface area (Å²) in [4.78, 5) is 5.06. The first kappa shape index (κ1) is 13.4. The van der Waals surface area contributed by atoms with Crippen molar-refractivity contribution in [3.63, 3.8) is 0 Å². The highest BCUT2D eigenvalue weighted by Crippen LogP contribution is 2.24. The first-order valence-corrected chi connectivity index (χ1v) is 5.86. The molecule has 19 heavy (non-hydrogen) atoms. The van der Waals surface area contributed by atoms with Gasteiger partial charge in [-0.05, 0) is 12.1 Å². The van der Waals surface area contributed by atoms with Crippen LogP contribution in [0.4, 0.5) is 5.82 Å². The molecule has 1 aromatic carbocycles. The molecule has 9 heteroatoms. The Morgan fingerprint density at radius 3 is 2.68 bits per heavy atom. The molecule has 0 saturated carbocycles. The number of nitrogen functional groups attached to an aromatic ring is 1. The van der Waals surface area contributed by atoms with Gasteiger partial charge in [-0.1, -0.05) is 39.6 Å². The number of oxime groups is 1. The molecule has 0 spiro atoms. The van der Waals surface area contributed by atoms with Crippen molar-refractivity contribution < 1.29 is 14.6 Å². The number of nitrogens with one attached hydrogen (secondary N) is 1. The number of aromatic nitrogens is 2. The number of nitrogens with zero attached hydrogens (tertiary/aromatic N) is 2. The summed E-state index contributed by atoms with van der Waals surface area (Å²) in [5.41, 5.74) is 11.9. The van der Waals surface area contributed by atoms with E-state index in [1.807, 2.05) is 0 Å². The molecule has 0 aliphatic carbocycles. The lowest BCUT2D eigenvalue weighted by molar-refractivity contribution is -0.610. The smallest absolute Gasteiger partial charge is 0.303 e. The molecule has 1 heterocycles. The molecule has 0 fully saturated rings. The molecule has 7 nitrogen and oxygen atoms in total. The molecule has 0 radical (unpaired) electrons. The van der Waals surface area contributed by atoms with Crippen LogP contribution < -0.4 is 16.6 Å². The Hall–Kier alpha value is -1.99. The van der Waals surface area contributed by atoms with Crippen LogP contribution >= 0.6 is 23.2 Å². The van der Waals surface area contributed by atoms with Crippen molar-refractivity contribution in [3.05, 3.63) is 39.5 Å². The summed E-state index contributed by atoms with van der Waals surface area (Å²) >= 11 is 11.9. The fourth-order valence-electron chi connectivity index (χ4n) is 1.28. The standard InChI is InChI=1S/C10H9Cl2N5O2/c11-6-2-1-3-7(12)5(6)4-18-16-9(13)8-10(14)17-19-15-8/h1-3H,4H2,(H2,13,16)(H2,14,17)/p+1. The molecular weight excluding hydrogens is 293 g/mol. The molecule has 0 atom stereocenters. The van der Waals surface area contributed by atoms with Gasteiger partial charge in [0, 0.05) is 15.6 Å². The van der Waals surface area contributed by atoms with Gasteiger partial charge in [0.15, 0.2) is 0 Å². The molecule has 2 aromatic rings. The Morgan fingerprint density at radius 1 is 1.42 bits per heavy atom. The lowest BCUT2D eigenvalue weighted by Crippen LogP contribution is -2.18. The topological polar surface area (TPSA) is 114 Å². The number of benzene rings is 1. The van der Waals surface area contributed by atoms with Crippen molar-refractivity contribution in [1.82, 2.24) is 5.16 Å². The van der Waals surface area contributed by atoms with E-state index in [1.165, 1.54) is 0 Å². The van der Waals surface area contributed by atoms with Crippen molar-refractivity contribution >= 4 is 34.9 Å². The van der Waals surface area contributed by atoms with E-state index in [0.29, 0.717) is 15.6 Å². The van der Waals surface area contributed by atoms with Crippen LogP contribution in [0.1, 0.15) is 11.3 Å². The SMILES string of the molecule is NC(=NOCc1c(Cl)cccc1Cl)c1no[nH+]c1N. The normalized spacial score (nSPS) is 11.6. The Bertz CT molecular complexity index is 593. The molecule has 0 unspecified atom stereocenters. The lowest BCUT2D eigenvalue weighted by Gasteiger charge is -2.05. The number of halogens is 2. The van der Waals surface area contributed by atoms with E-state index in [4.69, 9.17) is 39.5 Å². The van der Waals surface area contributed by atoms with Crippen molar-refractivity contribution in [2.24, 2.45) is 10.9 Å². The van der Waals surface area contributed by atoms with Gasteiger partial charge in [-0.15, -0.1) is 4.63 Å². The lowest BCUT2D eigenvalue weighted by atomic mass is 10.2. The minimum atomic E-state index is -0.0225. The Balaban J connectivity index is 2.06. The Kier molecular flexibility index (Phi) is 4.08. The summed E-state index contributed by atoms with van der Waals surface area (Å²) < 4.78 is 4.51. The molecule has 2 rings (SSSR count). The van der Waals surface area contributed by atoms with Crippen molar-refractivity contribution in [3.8, 4) is 0 Å². The highest BCUT2D eigenvalue weighted by atomic mass is 35.5. The van der Waals surface area contributed by atoms with E-state index in [1.54, 1.807) is 18.2 Å². The van der Waals surface area contributed by atoms with Crippen molar-refractivity contribution in [2.75, 3.05) is 5.73 Å². The van der Waals surface area contributed by atoms with Crippen LogP contribution in [0, 0.1) is 0 Å². The fraction of sp³-hybridized carbons (Fsp3) is 0.100. The highest BCUT2D eigenvalue weighted by molar-refractivity contribution is 6.35. The summed E-state index contributed by atoms with van der Waals surface area (Å²) in [6.07, 6.45) is 0. The molecule has 0 amide bonds. The van der Waals surface area contributed by atoms with E-state index in [-0.39, 0.29) is 24.0 Å². The van der Waals surface area contributed by atoms with E-state index in [2.05, 4.69) is 20.1 Å². The number of nitrogens with two attached hydrogens (primary N) is 2. The monoisotopic (exact) mass is 302 g/mol. The van der Waals surface area contributed by atoms with Gasteiger partial charge in [0.05, 0.1) is 5.16 Å². The minimum Gasteiger partial charge on any atom is -0.389 e. The average Bonchev–Trinajstić information content (AvgIpc) is 2.79. The number of H-pyrrole nitrogens is 1. The van der Waals surface area contributed by atoms with Crippen LogP contribution in [0.5, 0.6) is 0 Å². The third kappa shape index (κ3) is 3.07. The van der Waals surface area contributed by atoms with Crippen LogP contribution in [-0.2, 0) is 11.4 Å². The van der Waals surface area contributed by atoms with E-state index in [0.717, 1.165) is 0 Å². The maximum atomic E-state index is 5.97. The van der Waals surface area contributed by atoms with Gasteiger partial charge in [-0.25, -0.2) is 0 Å². The second-order valence-corrected chi connectivity index (χ2v) is 4.31. The van der Waals surface area contributed by atoms with E-state index in [9.17, 15) is 0 Å². The van der Waals surface area contributed by atoms with Gasteiger partial charge in [-0.2, -0.15) is 0 Å². The van der Waals surface area contributed by atoms with E-state index < -0.39 is 0 Å². The highest BCUT2D eigenvalue weighted by Gasteiger charge is 2.18. The van der Waals surface area contributed by atoms with Crippen LogP contribution in [0.3, 0.4) is 0 Å². The number of anilines is 1. The van der Waals surface area contributed by atoms with Gasteiger partial charge in [0.1, 0.15) is 6.61 Å². The predicted octanol–water partition coefficient (Wildman–Crippen LogP) is 1.21. The number of aromatic amines is 1. The Labute approximate surface area is 118 Å².